The number of amides is 1. The maximum Gasteiger partial charge on any atom is 0.225 e. The third-order valence-electron chi connectivity index (χ3n) is 5.33. The second-order valence-corrected chi connectivity index (χ2v) is 8.32. The average Bonchev–Trinajstić information content (AvgIpc) is 3.19. The second-order valence-electron chi connectivity index (χ2n) is 8.32. The fraction of sp³-hybridized carbons (Fsp3) is 0.522. The highest BCUT2D eigenvalue weighted by molar-refractivity contribution is 5.85. The molecule has 1 saturated heterocycles. The van der Waals surface area contributed by atoms with E-state index in [1.54, 1.807) is 0 Å². The van der Waals surface area contributed by atoms with Gasteiger partial charge in [-0.1, -0.05) is 32.0 Å². The number of hydrogen-bond donors (Lipinski definition) is 2. The Bertz CT molecular complexity index is 908. The monoisotopic (exact) mass is 410 g/mol. The number of pyridine rings is 1. The molecule has 1 fully saturated rings. The van der Waals surface area contributed by atoms with Crippen LogP contribution in [0.15, 0.2) is 35.3 Å². The van der Waals surface area contributed by atoms with Crippen molar-refractivity contribution in [3.05, 3.63) is 35.9 Å². The molecule has 0 saturated carbocycles. The molecule has 2 heterocycles. The Kier molecular flexibility index (Phi) is 7.13. The summed E-state index contributed by atoms with van der Waals surface area (Å²) in [6.45, 7) is 8.84. The van der Waals surface area contributed by atoms with Gasteiger partial charge in [-0.15, -0.1) is 0 Å². The molecular weight excluding hydrogens is 376 g/mol. The summed E-state index contributed by atoms with van der Waals surface area (Å²) < 4.78 is 0. The molecule has 1 aromatic heterocycles. The van der Waals surface area contributed by atoms with E-state index in [4.69, 9.17) is 9.98 Å². The van der Waals surface area contributed by atoms with Crippen LogP contribution in [0.3, 0.4) is 0 Å². The number of aromatic nitrogens is 1. The van der Waals surface area contributed by atoms with Crippen molar-refractivity contribution >= 4 is 28.6 Å². The van der Waals surface area contributed by atoms with Crippen LogP contribution in [0.1, 0.15) is 32.8 Å². The van der Waals surface area contributed by atoms with Gasteiger partial charge in [0.2, 0.25) is 5.91 Å². The number of carbonyl (C=O) groups excluding carboxylic acids is 1. The molecule has 1 aliphatic heterocycles. The smallest absolute Gasteiger partial charge is 0.225 e. The molecule has 30 heavy (non-hydrogen) atoms. The van der Waals surface area contributed by atoms with Crippen molar-refractivity contribution in [2.45, 2.75) is 39.8 Å². The Morgan fingerprint density at radius 3 is 2.80 bits per heavy atom. The van der Waals surface area contributed by atoms with E-state index in [9.17, 15) is 4.79 Å². The number of anilines is 1. The normalized spacial score (nSPS) is 16.9. The Morgan fingerprint density at radius 1 is 1.33 bits per heavy atom. The number of nitrogens with one attached hydrogen (secondary N) is 2. The Balaban J connectivity index is 1.76. The third kappa shape index (κ3) is 5.20. The summed E-state index contributed by atoms with van der Waals surface area (Å²) in [5.74, 6) is 1.97. The topological polar surface area (TPSA) is 72.9 Å². The highest BCUT2D eigenvalue weighted by Crippen LogP contribution is 2.23. The molecule has 162 valence electrons. The minimum atomic E-state index is 0.0384. The van der Waals surface area contributed by atoms with Crippen LogP contribution in [-0.2, 0) is 11.3 Å². The molecule has 0 spiro atoms. The van der Waals surface area contributed by atoms with Crippen LogP contribution in [0.25, 0.3) is 10.9 Å². The summed E-state index contributed by atoms with van der Waals surface area (Å²) in [7, 11) is 4.00. The van der Waals surface area contributed by atoms with Gasteiger partial charge >= 0.3 is 0 Å². The van der Waals surface area contributed by atoms with Crippen LogP contribution < -0.4 is 15.5 Å². The number of guanidine groups is 1. The van der Waals surface area contributed by atoms with E-state index >= 15 is 0 Å². The maximum absolute atomic E-state index is 12.3. The summed E-state index contributed by atoms with van der Waals surface area (Å²) in [6, 6.07) is 10.5. The van der Waals surface area contributed by atoms with E-state index in [2.05, 4.69) is 29.7 Å². The lowest BCUT2D eigenvalue weighted by Gasteiger charge is -2.20. The van der Waals surface area contributed by atoms with Gasteiger partial charge in [0.05, 0.1) is 12.1 Å². The third-order valence-corrected chi connectivity index (χ3v) is 5.33. The van der Waals surface area contributed by atoms with Crippen molar-refractivity contribution in [1.82, 2.24) is 20.5 Å². The number of hydrogen-bond acceptors (Lipinski definition) is 4. The quantitative estimate of drug-likeness (QED) is 0.566. The summed E-state index contributed by atoms with van der Waals surface area (Å²) in [4.78, 5) is 25.8. The number of fused-ring (bicyclic) bond motifs is 1. The Labute approximate surface area is 179 Å². The van der Waals surface area contributed by atoms with Crippen molar-refractivity contribution in [3.8, 4) is 0 Å². The predicted octanol–water partition coefficient (Wildman–Crippen LogP) is 2.61. The molecule has 3 rings (SSSR count). The first kappa shape index (κ1) is 21.9. The fourth-order valence-corrected chi connectivity index (χ4v) is 3.71. The zero-order chi connectivity index (χ0) is 21.7. The van der Waals surface area contributed by atoms with E-state index in [0.717, 1.165) is 54.3 Å². The number of para-hydroxylation sites is 1. The summed E-state index contributed by atoms with van der Waals surface area (Å²) in [5.41, 5.74) is 2.12. The van der Waals surface area contributed by atoms with Crippen LogP contribution in [0.4, 0.5) is 5.82 Å². The Morgan fingerprint density at radius 2 is 2.10 bits per heavy atom. The lowest BCUT2D eigenvalue weighted by Crippen LogP contribution is -2.45. The summed E-state index contributed by atoms with van der Waals surface area (Å²) >= 11 is 0. The first-order valence-electron chi connectivity index (χ1n) is 10.8. The van der Waals surface area contributed by atoms with Gasteiger partial charge in [0.1, 0.15) is 5.82 Å². The molecule has 2 N–H and O–H groups in total. The molecule has 1 aromatic carbocycles. The standard InChI is InChI=1S/C23H34N6O/c1-6-24-23(26-18-11-12-29(15-18)22(30)16(2)3)25-14-17-13-21(28(4)5)27-20-10-8-7-9-19(17)20/h7-10,13,16,18H,6,11-12,14-15H2,1-5H3,(H2,24,25,26). The number of rotatable bonds is 6. The van der Waals surface area contributed by atoms with Gasteiger partial charge in [-0.25, -0.2) is 9.98 Å². The van der Waals surface area contributed by atoms with E-state index < -0.39 is 0 Å². The van der Waals surface area contributed by atoms with Crippen molar-refractivity contribution in [3.63, 3.8) is 0 Å². The largest absolute Gasteiger partial charge is 0.363 e. The average molecular weight is 411 g/mol. The van der Waals surface area contributed by atoms with E-state index in [1.807, 2.05) is 55.9 Å². The number of likely N-dealkylation sites (tertiary alicyclic amines) is 1. The highest BCUT2D eigenvalue weighted by Gasteiger charge is 2.27. The molecule has 1 unspecified atom stereocenters. The predicted molar refractivity (Wildman–Crippen MR) is 124 cm³/mol. The number of nitrogens with zero attached hydrogens (tertiary/aromatic N) is 4. The Hall–Kier alpha value is -2.83. The van der Waals surface area contributed by atoms with E-state index in [0.29, 0.717) is 6.54 Å². The van der Waals surface area contributed by atoms with Gasteiger partial charge in [0.25, 0.3) is 0 Å². The van der Waals surface area contributed by atoms with Crippen LogP contribution >= 0.6 is 0 Å². The zero-order valence-corrected chi connectivity index (χ0v) is 18.8. The molecule has 1 atom stereocenters. The maximum atomic E-state index is 12.3. The van der Waals surface area contributed by atoms with Crippen molar-refractivity contribution in [1.29, 1.82) is 0 Å². The number of carbonyl (C=O) groups is 1. The minimum absolute atomic E-state index is 0.0384. The molecule has 1 amide bonds. The molecule has 0 bridgehead atoms. The summed E-state index contributed by atoms with van der Waals surface area (Å²) in [6.07, 6.45) is 0.936. The lowest BCUT2D eigenvalue weighted by molar-refractivity contribution is -0.133. The number of aliphatic imine (C=N–C) groups is 1. The summed E-state index contributed by atoms with van der Waals surface area (Å²) in [5, 5.41) is 7.98. The zero-order valence-electron chi connectivity index (χ0n) is 18.8. The van der Waals surface area contributed by atoms with Crippen LogP contribution in [0.2, 0.25) is 0 Å². The van der Waals surface area contributed by atoms with Gasteiger partial charge < -0.3 is 20.4 Å². The van der Waals surface area contributed by atoms with E-state index in [1.165, 1.54) is 0 Å². The van der Waals surface area contributed by atoms with Gasteiger partial charge in [0, 0.05) is 51.1 Å². The van der Waals surface area contributed by atoms with Gasteiger partial charge in [-0.2, -0.15) is 0 Å². The molecule has 2 aromatic rings. The molecule has 7 heteroatoms. The van der Waals surface area contributed by atoms with Gasteiger partial charge in [-0.3, -0.25) is 4.79 Å². The number of benzene rings is 1. The van der Waals surface area contributed by atoms with Crippen molar-refractivity contribution in [2.75, 3.05) is 38.6 Å². The fourth-order valence-electron chi connectivity index (χ4n) is 3.71. The van der Waals surface area contributed by atoms with Gasteiger partial charge in [-0.05, 0) is 31.0 Å². The lowest BCUT2D eigenvalue weighted by atomic mass is 10.1. The first-order chi connectivity index (χ1) is 14.4. The van der Waals surface area contributed by atoms with Crippen molar-refractivity contribution < 1.29 is 4.79 Å². The molecule has 0 radical (unpaired) electrons. The second kappa shape index (κ2) is 9.78. The van der Waals surface area contributed by atoms with Gasteiger partial charge in [0.15, 0.2) is 5.96 Å². The SMILES string of the molecule is CCNC(=NCc1cc(N(C)C)nc2ccccc12)NC1CCN(C(=O)C(C)C)C1. The van der Waals surface area contributed by atoms with Crippen LogP contribution in [0, 0.1) is 5.92 Å². The minimum Gasteiger partial charge on any atom is -0.363 e. The first-order valence-corrected chi connectivity index (χ1v) is 10.8. The highest BCUT2D eigenvalue weighted by atomic mass is 16.2. The molecule has 7 nitrogen and oxygen atoms in total. The van der Waals surface area contributed by atoms with Crippen molar-refractivity contribution in [2.24, 2.45) is 10.9 Å². The molecular formula is C23H34N6O. The van der Waals surface area contributed by atoms with Crippen LogP contribution in [-0.4, -0.2) is 61.5 Å². The van der Waals surface area contributed by atoms with Crippen LogP contribution in [0.5, 0.6) is 0 Å². The molecule has 1 aliphatic rings. The molecule has 0 aliphatic carbocycles. The van der Waals surface area contributed by atoms with E-state index in [-0.39, 0.29) is 17.9 Å².